The first-order chi connectivity index (χ1) is 15.5. The van der Waals surface area contributed by atoms with Crippen molar-refractivity contribution in [2.45, 2.75) is 6.61 Å². The van der Waals surface area contributed by atoms with Crippen molar-refractivity contribution in [3.05, 3.63) is 88.5 Å². The molecule has 0 unspecified atom stereocenters. The summed E-state index contributed by atoms with van der Waals surface area (Å²) in [7, 11) is 0. The molecule has 0 N–H and O–H groups in total. The maximum absolute atomic E-state index is 11.8. The first kappa shape index (κ1) is 22.0. The summed E-state index contributed by atoms with van der Waals surface area (Å²) >= 11 is 0. The predicted molar refractivity (Wildman–Crippen MR) is 115 cm³/mol. The predicted octanol–water partition coefficient (Wildman–Crippen LogP) is 5.74. The Kier molecular flexibility index (Phi) is 7.48. The molecule has 0 bridgehead atoms. The summed E-state index contributed by atoms with van der Waals surface area (Å²) in [6.45, 7) is 0.189. The summed E-state index contributed by atoms with van der Waals surface area (Å²) in [5, 5.41) is 18.9. The molecular weight excluding hydrogens is 414 g/mol. The highest BCUT2D eigenvalue weighted by molar-refractivity contribution is 5.64. The molecule has 0 aliphatic heterocycles. The van der Waals surface area contributed by atoms with Gasteiger partial charge in [0.15, 0.2) is 0 Å². The van der Waals surface area contributed by atoms with Crippen molar-refractivity contribution < 1.29 is 23.9 Å². The molecule has 32 heavy (non-hydrogen) atoms. The zero-order valence-electron chi connectivity index (χ0n) is 16.7. The fourth-order valence-electron chi connectivity index (χ4n) is 2.41. The largest absolute Gasteiger partial charge is 0.514 e. The molecule has 0 heterocycles. The SMILES string of the molecule is C#CCOc1ccc(N=Nc2ccc(COC(=O)Oc3ccc([N+](=O)[O-])cc3)cc2)cc1. The first-order valence-electron chi connectivity index (χ1n) is 9.29. The Balaban J connectivity index is 1.47. The number of hydrogen-bond acceptors (Lipinski definition) is 8. The minimum atomic E-state index is -0.919. The van der Waals surface area contributed by atoms with Crippen molar-refractivity contribution in [3.8, 4) is 23.8 Å². The van der Waals surface area contributed by atoms with Gasteiger partial charge in [-0.05, 0) is 54.1 Å². The van der Waals surface area contributed by atoms with Crippen LogP contribution in [0.2, 0.25) is 0 Å². The second kappa shape index (κ2) is 10.9. The molecular formula is C23H17N3O6. The fraction of sp³-hybridized carbons (Fsp3) is 0.0870. The van der Waals surface area contributed by atoms with E-state index in [0.29, 0.717) is 17.1 Å². The molecule has 0 spiro atoms. The first-order valence-corrected chi connectivity index (χ1v) is 9.29. The number of terminal acetylenes is 1. The number of carbonyl (C=O) groups is 1. The Morgan fingerprint density at radius 3 is 2.03 bits per heavy atom. The van der Waals surface area contributed by atoms with Gasteiger partial charge in [0, 0.05) is 12.1 Å². The molecule has 160 valence electrons. The lowest BCUT2D eigenvalue weighted by Crippen LogP contribution is -2.10. The number of nitro benzene ring substituents is 1. The quantitative estimate of drug-likeness (QED) is 0.112. The van der Waals surface area contributed by atoms with Gasteiger partial charge in [0.25, 0.3) is 5.69 Å². The summed E-state index contributed by atoms with van der Waals surface area (Å²) in [4.78, 5) is 21.9. The van der Waals surface area contributed by atoms with Gasteiger partial charge in [0.05, 0.1) is 16.3 Å². The molecule has 0 fully saturated rings. The van der Waals surface area contributed by atoms with Gasteiger partial charge < -0.3 is 14.2 Å². The Bertz CT molecular complexity index is 1130. The highest BCUT2D eigenvalue weighted by Crippen LogP contribution is 2.22. The van der Waals surface area contributed by atoms with Gasteiger partial charge in [-0.3, -0.25) is 10.1 Å². The Labute approximate surface area is 183 Å². The molecule has 9 nitrogen and oxygen atoms in total. The van der Waals surface area contributed by atoms with Crippen molar-refractivity contribution >= 4 is 23.2 Å². The standard InChI is InChI=1S/C23H17N3O6/c1-2-15-30-21-11-7-19(8-12-21)25-24-18-5-3-17(4-6-18)16-31-23(27)32-22-13-9-20(10-14-22)26(28)29/h1,3-14H,15-16H2. The Hall–Kier alpha value is -4.71. The van der Waals surface area contributed by atoms with E-state index in [1.165, 1.54) is 24.3 Å². The van der Waals surface area contributed by atoms with Crippen LogP contribution < -0.4 is 9.47 Å². The highest BCUT2D eigenvalue weighted by atomic mass is 16.7. The summed E-state index contributed by atoms with van der Waals surface area (Å²) in [6.07, 6.45) is 4.23. The minimum Gasteiger partial charge on any atom is -0.481 e. The molecule has 0 saturated carbocycles. The van der Waals surface area contributed by atoms with Crippen molar-refractivity contribution in [3.63, 3.8) is 0 Å². The maximum Gasteiger partial charge on any atom is 0.514 e. The van der Waals surface area contributed by atoms with Crippen LogP contribution in [-0.2, 0) is 11.3 Å². The Morgan fingerprint density at radius 1 is 0.906 bits per heavy atom. The van der Waals surface area contributed by atoms with E-state index < -0.39 is 11.1 Å². The zero-order chi connectivity index (χ0) is 22.8. The molecule has 3 aromatic carbocycles. The average Bonchev–Trinajstić information content (AvgIpc) is 2.82. The number of nitro groups is 1. The number of rotatable bonds is 8. The number of non-ortho nitro benzene ring substituents is 1. The van der Waals surface area contributed by atoms with Crippen LogP contribution in [-0.4, -0.2) is 17.7 Å². The van der Waals surface area contributed by atoms with Crippen LogP contribution in [0.4, 0.5) is 21.9 Å². The van der Waals surface area contributed by atoms with Gasteiger partial charge >= 0.3 is 6.16 Å². The second-order valence-corrected chi connectivity index (χ2v) is 6.24. The van der Waals surface area contributed by atoms with Gasteiger partial charge in [0.2, 0.25) is 0 Å². The molecule has 3 rings (SSSR count). The molecule has 0 aromatic heterocycles. The number of ether oxygens (including phenoxy) is 3. The third kappa shape index (κ3) is 6.67. The number of azo groups is 1. The second-order valence-electron chi connectivity index (χ2n) is 6.24. The van der Waals surface area contributed by atoms with Gasteiger partial charge in [-0.15, -0.1) is 6.42 Å². The maximum atomic E-state index is 11.8. The fourth-order valence-corrected chi connectivity index (χ4v) is 2.41. The lowest BCUT2D eigenvalue weighted by atomic mass is 10.2. The molecule has 0 aliphatic rings. The Morgan fingerprint density at radius 2 is 1.47 bits per heavy atom. The summed E-state index contributed by atoms with van der Waals surface area (Å²) in [5.74, 6) is 3.19. The van der Waals surface area contributed by atoms with Gasteiger partial charge in [-0.1, -0.05) is 18.1 Å². The van der Waals surface area contributed by atoms with E-state index in [9.17, 15) is 14.9 Å². The summed E-state index contributed by atoms with van der Waals surface area (Å²) < 4.78 is 15.3. The molecule has 9 heteroatoms. The third-order valence-electron chi connectivity index (χ3n) is 3.98. The van der Waals surface area contributed by atoms with Crippen LogP contribution in [0.3, 0.4) is 0 Å². The highest BCUT2D eigenvalue weighted by Gasteiger charge is 2.09. The monoisotopic (exact) mass is 431 g/mol. The topological polar surface area (TPSA) is 113 Å². The molecule has 0 atom stereocenters. The van der Waals surface area contributed by atoms with Gasteiger partial charge in [-0.25, -0.2) is 4.79 Å². The van der Waals surface area contributed by atoms with E-state index >= 15 is 0 Å². The smallest absolute Gasteiger partial charge is 0.481 e. The van der Waals surface area contributed by atoms with E-state index in [2.05, 4.69) is 16.1 Å². The number of nitrogens with zero attached hydrogens (tertiary/aromatic N) is 3. The molecule has 0 radical (unpaired) electrons. The average molecular weight is 431 g/mol. The van der Waals surface area contributed by atoms with Crippen molar-refractivity contribution in [2.24, 2.45) is 10.2 Å². The summed E-state index contributed by atoms with van der Waals surface area (Å²) in [6, 6.07) is 19.1. The molecule has 3 aromatic rings. The molecule has 0 saturated heterocycles. The molecule has 0 aliphatic carbocycles. The van der Waals surface area contributed by atoms with Crippen LogP contribution in [0.15, 0.2) is 83.0 Å². The van der Waals surface area contributed by atoms with Crippen LogP contribution in [0, 0.1) is 22.5 Å². The van der Waals surface area contributed by atoms with Crippen molar-refractivity contribution in [2.75, 3.05) is 6.61 Å². The zero-order valence-corrected chi connectivity index (χ0v) is 16.7. The van der Waals surface area contributed by atoms with E-state index in [1.54, 1.807) is 48.5 Å². The lowest BCUT2D eigenvalue weighted by Gasteiger charge is -2.06. The number of carbonyl (C=O) groups excluding carboxylic acids is 1. The number of benzene rings is 3. The van der Waals surface area contributed by atoms with Crippen LogP contribution in [0.5, 0.6) is 11.5 Å². The van der Waals surface area contributed by atoms with Crippen molar-refractivity contribution in [1.82, 2.24) is 0 Å². The van der Waals surface area contributed by atoms with Crippen molar-refractivity contribution in [1.29, 1.82) is 0 Å². The van der Waals surface area contributed by atoms with E-state index in [4.69, 9.17) is 20.6 Å². The normalized spacial score (nSPS) is 10.3. The summed E-state index contributed by atoms with van der Waals surface area (Å²) in [5.41, 5.74) is 1.89. The third-order valence-corrected chi connectivity index (χ3v) is 3.98. The minimum absolute atomic E-state index is 0.0116. The molecule has 0 amide bonds. The van der Waals surface area contributed by atoms with Crippen LogP contribution >= 0.6 is 0 Å². The van der Waals surface area contributed by atoms with Crippen LogP contribution in [0.1, 0.15) is 5.56 Å². The van der Waals surface area contributed by atoms with Gasteiger partial charge in [0.1, 0.15) is 24.7 Å². The van der Waals surface area contributed by atoms with E-state index in [0.717, 1.165) is 5.56 Å². The number of hydrogen-bond donors (Lipinski definition) is 0. The van der Waals surface area contributed by atoms with Gasteiger partial charge in [-0.2, -0.15) is 10.2 Å². The van der Waals surface area contributed by atoms with E-state index in [1.807, 2.05) is 0 Å². The van der Waals surface area contributed by atoms with E-state index in [-0.39, 0.29) is 24.7 Å². The lowest BCUT2D eigenvalue weighted by molar-refractivity contribution is -0.384. The van der Waals surface area contributed by atoms with Crippen LogP contribution in [0.25, 0.3) is 0 Å².